The Morgan fingerprint density at radius 2 is 1.67 bits per heavy atom. The highest BCUT2D eigenvalue weighted by atomic mass is 15.1. The molecule has 0 spiro atoms. The molecule has 0 unspecified atom stereocenters. The molecule has 21 heavy (non-hydrogen) atoms. The third kappa shape index (κ3) is 3.72. The summed E-state index contributed by atoms with van der Waals surface area (Å²) in [6, 6.07) is 17.9. The lowest BCUT2D eigenvalue weighted by molar-refractivity contribution is 0.245. The highest BCUT2D eigenvalue weighted by Gasteiger charge is 2.15. The smallest absolute Gasteiger partial charge is 0.0240 e. The van der Waals surface area contributed by atoms with Gasteiger partial charge in [-0.25, -0.2) is 0 Å². The average Bonchev–Trinajstić information content (AvgIpc) is 2.54. The highest BCUT2D eigenvalue weighted by Crippen LogP contribution is 2.20. The number of hydrogen-bond acceptors (Lipinski definition) is 2. The van der Waals surface area contributed by atoms with Crippen LogP contribution < -0.4 is 5.32 Å². The topological polar surface area (TPSA) is 15.3 Å². The molecule has 0 aromatic heterocycles. The van der Waals surface area contributed by atoms with E-state index in [9.17, 15) is 0 Å². The third-order valence-corrected chi connectivity index (χ3v) is 4.22. The minimum Gasteiger partial charge on any atom is -0.313 e. The van der Waals surface area contributed by atoms with E-state index in [0.717, 1.165) is 32.7 Å². The van der Waals surface area contributed by atoms with Crippen molar-refractivity contribution in [1.82, 2.24) is 10.2 Å². The van der Waals surface area contributed by atoms with Gasteiger partial charge in [0.25, 0.3) is 0 Å². The molecule has 110 valence electrons. The molecule has 1 heterocycles. The Labute approximate surface area is 127 Å². The molecule has 2 aromatic rings. The predicted octanol–water partition coefficient (Wildman–Crippen LogP) is 3.35. The molecule has 1 aliphatic heterocycles. The van der Waals surface area contributed by atoms with Gasteiger partial charge in [0, 0.05) is 26.2 Å². The maximum Gasteiger partial charge on any atom is 0.0240 e. The molecular weight excluding hydrogens is 256 g/mol. The Kier molecular flexibility index (Phi) is 4.69. The van der Waals surface area contributed by atoms with E-state index in [1.54, 1.807) is 0 Å². The molecule has 1 aliphatic rings. The molecule has 0 radical (unpaired) electrons. The fourth-order valence-corrected chi connectivity index (χ4v) is 2.98. The van der Waals surface area contributed by atoms with Crippen molar-refractivity contribution in [3.63, 3.8) is 0 Å². The van der Waals surface area contributed by atoms with Crippen molar-refractivity contribution in [2.45, 2.75) is 33.0 Å². The quantitative estimate of drug-likeness (QED) is 0.903. The molecule has 0 bridgehead atoms. The van der Waals surface area contributed by atoms with Gasteiger partial charge in [0.05, 0.1) is 0 Å². The number of fused-ring (bicyclic) bond motifs is 1. The molecular formula is C19H24N2. The van der Waals surface area contributed by atoms with Crippen molar-refractivity contribution < 1.29 is 0 Å². The third-order valence-electron chi connectivity index (χ3n) is 4.22. The zero-order valence-corrected chi connectivity index (χ0v) is 12.8. The molecule has 0 aliphatic carbocycles. The van der Waals surface area contributed by atoms with Gasteiger partial charge in [0.1, 0.15) is 0 Å². The molecule has 3 rings (SSSR count). The summed E-state index contributed by atoms with van der Waals surface area (Å²) in [5.41, 5.74) is 5.79. The second-order valence-electron chi connectivity index (χ2n) is 5.83. The fraction of sp³-hybridized carbons (Fsp3) is 0.368. The summed E-state index contributed by atoms with van der Waals surface area (Å²) in [5, 5.41) is 3.37. The van der Waals surface area contributed by atoms with Crippen LogP contribution in [0.1, 0.15) is 29.2 Å². The monoisotopic (exact) mass is 280 g/mol. The maximum absolute atomic E-state index is 3.37. The van der Waals surface area contributed by atoms with E-state index < -0.39 is 0 Å². The second-order valence-corrected chi connectivity index (χ2v) is 5.83. The zero-order valence-electron chi connectivity index (χ0n) is 12.8. The van der Waals surface area contributed by atoms with Crippen LogP contribution in [0.5, 0.6) is 0 Å². The van der Waals surface area contributed by atoms with Gasteiger partial charge in [-0.15, -0.1) is 0 Å². The van der Waals surface area contributed by atoms with Gasteiger partial charge in [0.15, 0.2) is 0 Å². The Balaban J connectivity index is 1.60. The van der Waals surface area contributed by atoms with Gasteiger partial charge in [-0.05, 0) is 35.2 Å². The molecule has 1 N–H and O–H groups in total. The summed E-state index contributed by atoms with van der Waals surface area (Å²) in [6.07, 6.45) is 1.18. The lowest BCUT2D eigenvalue weighted by atomic mass is 9.99. The molecule has 0 amide bonds. The van der Waals surface area contributed by atoms with E-state index in [2.05, 4.69) is 65.7 Å². The molecule has 0 fully saturated rings. The predicted molar refractivity (Wildman–Crippen MR) is 88.1 cm³/mol. The van der Waals surface area contributed by atoms with Crippen LogP contribution in [0.3, 0.4) is 0 Å². The SMILES string of the molecule is CCNCc1ccc(CN2CCc3ccccc3C2)cc1. The van der Waals surface area contributed by atoms with Crippen LogP contribution in [0, 0.1) is 0 Å². The Bertz CT molecular complexity index is 574. The van der Waals surface area contributed by atoms with Crippen molar-refractivity contribution in [2.75, 3.05) is 13.1 Å². The van der Waals surface area contributed by atoms with Crippen molar-refractivity contribution in [3.05, 3.63) is 70.8 Å². The number of benzene rings is 2. The van der Waals surface area contributed by atoms with Crippen LogP contribution in [0.4, 0.5) is 0 Å². The Morgan fingerprint density at radius 3 is 2.43 bits per heavy atom. The normalized spacial score (nSPS) is 14.9. The van der Waals surface area contributed by atoms with Gasteiger partial charge >= 0.3 is 0 Å². The van der Waals surface area contributed by atoms with E-state index in [1.165, 1.54) is 28.7 Å². The Hall–Kier alpha value is -1.64. The summed E-state index contributed by atoms with van der Waals surface area (Å²) in [5.74, 6) is 0. The number of hydrogen-bond donors (Lipinski definition) is 1. The minimum absolute atomic E-state index is 0.966. The van der Waals surface area contributed by atoms with Gasteiger partial charge < -0.3 is 5.32 Å². The van der Waals surface area contributed by atoms with Gasteiger partial charge in [-0.3, -0.25) is 4.90 Å². The molecule has 2 aromatic carbocycles. The lowest BCUT2D eigenvalue weighted by Gasteiger charge is -2.28. The van der Waals surface area contributed by atoms with E-state index in [4.69, 9.17) is 0 Å². The first-order chi connectivity index (χ1) is 10.3. The highest BCUT2D eigenvalue weighted by molar-refractivity contribution is 5.29. The lowest BCUT2D eigenvalue weighted by Crippen LogP contribution is -2.29. The van der Waals surface area contributed by atoms with Crippen LogP contribution >= 0.6 is 0 Å². The van der Waals surface area contributed by atoms with Gasteiger partial charge in [-0.1, -0.05) is 55.5 Å². The van der Waals surface area contributed by atoms with Crippen molar-refractivity contribution >= 4 is 0 Å². The first kappa shape index (κ1) is 14.3. The van der Waals surface area contributed by atoms with Gasteiger partial charge in [0.2, 0.25) is 0 Å². The number of nitrogens with zero attached hydrogens (tertiary/aromatic N) is 1. The summed E-state index contributed by atoms with van der Waals surface area (Å²) in [4.78, 5) is 2.54. The molecule has 0 saturated heterocycles. The van der Waals surface area contributed by atoms with Crippen molar-refractivity contribution in [1.29, 1.82) is 0 Å². The first-order valence-corrected chi connectivity index (χ1v) is 7.93. The number of nitrogens with one attached hydrogen (secondary N) is 1. The average molecular weight is 280 g/mol. The largest absolute Gasteiger partial charge is 0.313 e. The van der Waals surface area contributed by atoms with Crippen LogP contribution in [-0.4, -0.2) is 18.0 Å². The van der Waals surface area contributed by atoms with E-state index >= 15 is 0 Å². The van der Waals surface area contributed by atoms with Crippen LogP contribution in [-0.2, 0) is 26.1 Å². The summed E-state index contributed by atoms with van der Waals surface area (Å²) >= 11 is 0. The van der Waals surface area contributed by atoms with Crippen LogP contribution in [0.2, 0.25) is 0 Å². The second kappa shape index (κ2) is 6.88. The summed E-state index contributed by atoms with van der Waals surface area (Å²) < 4.78 is 0. The summed E-state index contributed by atoms with van der Waals surface area (Å²) in [7, 11) is 0. The molecule has 2 heteroatoms. The van der Waals surface area contributed by atoms with Crippen molar-refractivity contribution in [3.8, 4) is 0 Å². The van der Waals surface area contributed by atoms with Crippen LogP contribution in [0.25, 0.3) is 0 Å². The van der Waals surface area contributed by atoms with E-state index in [-0.39, 0.29) is 0 Å². The fourth-order valence-electron chi connectivity index (χ4n) is 2.98. The number of rotatable bonds is 5. The van der Waals surface area contributed by atoms with E-state index in [0.29, 0.717) is 0 Å². The minimum atomic E-state index is 0.966. The molecule has 0 saturated carbocycles. The summed E-state index contributed by atoms with van der Waals surface area (Å²) in [6.45, 7) is 7.42. The molecule has 0 atom stereocenters. The zero-order chi connectivity index (χ0) is 14.5. The van der Waals surface area contributed by atoms with Crippen LogP contribution in [0.15, 0.2) is 48.5 Å². The van der Waals surface area contributed by atoms with Crippen molar-refractivity contribution in [2.24, 2.45) is 0 Å². The van der Waals surface area contributed by atoms with Gasteiger partial charge in [-0.2, -0.15) is 0 Å². The molecule has 2 nitrogen and oxygen atoms in total. The first-order valence-electron chi connectivity index (χ1n) is 7.93. The van der Waals surface area contributed by atoms with E-state index in [1.807, 2.05) is 0 Å². The standard InChI is InChI=1S/C19H24N2/c1-2-20-13-16-7-9-17(10-8-16)14-21-12-11-18-5-3-4-6-19(18)15-21/h3-10,20H,2,11-15H2,1H3. The Morgan fingerprint density at radius 1 is 0.952 bits per heavy atom. The maximum atomic E-state index is 3.37.